The molecule has 7 nitrogen and oxygen atoms in total. The zero-order chi connectivity index (χ0) is 26.8. The number of nitriles is 1. The van der Waals surface area contributed by atoms with Crippen molar-refractivity contribution in [3.63, 3.8) is 0 Å². The van der Waals surface area contributed by atoms with Crippen LogP contribution in [0.15, 0.2) is 60.8 Å². The van der Waals surface area contributed by atoms with Crippen LogP contribution in [0, 0.1) is 23.0 Å². The molecule has 0 aliphatic carbocycles. The van der Waals surface area contributed by atoms with E-state index >= 15 is 0 Å². The first-order valence-electron chi connectivity index (χ1n) is 12.2. The number of fused-ring (bicyclic) bond motifs is 1. The van der Waals surface area contributed by atoms with Gasteiger partial charge in [-0.05, 0) is 65.4 Å². The molecule has 1 saturated heterocycles. The van der Waals surface area contributed by atoms with Gasteiger partial charge in [-0.25, -0.2) is 13.6 Å². The molecule has 5 rings (SSSR count). The monoisotopic (exact) mass is 513 g/mol. The van der Waals surface area contributed by atoms with Gasteiger partial charge in [0.05, 0.1) is 22.8 Å². The van der Waals surface area contributed by atoms with Gasteiger partial charge in [-0.3, -0.25) is 4.98 Å². The van der Waals surface area contributed by atoms with Gasteiger partial charge in [-0.2, -0.15) is 5.26 Å². The van der Waals surface area contributed by atoms with Gasteiger partial charge in [0.15, 0.2) is 0 Å². The molecule has 4 aromatic rings. The number of pyridine rings is 1. The number of hydrogen-bond donors (Lipinski definition) is 3. The second-order valence-corrected chi connectivity index (χ2v) is 9.34. The fourth-order valence-corrected chi connectivity index (χ4v) is 5.05. The van der Waals surface area contributed by atoms with E-state index in [0.717, 1.165) is 35.5 Å². The van der Waals surface area contributed by atoms with E-state index in [4.69, 9.17) is 10.8 Å². The molecule has 9 heteroatoms. The number of halogens is 2. The molecule has 0 radical (unpaired) electrons. The Morgan fingerprint density at radius 1 is 1.08 bits per heavy atom. The number of rotatable bonds is 5. The first-order chi connectivity index (χ1) is 18.3. The quantitative estimate of drug-likeness (QED) is 0.329. The standard InChI is InChI=1S/C29H25F2N5O2/c30-20-10-19(11-21(31)13-20)26-16-34-27-5-4-17(12-24(27)28(26)36-8-6-22(33)7-9-36)23-3-1-2-18(14-32)25(23)15-35-29(37)38/h1-5,10-13,16,22,35H,6-9,15,33H2,(H,37,38). The fourth-order valence-electron chi connectivity index (χ4n) is 5.05. The second kappa shape index (κ2) is 10.4. The van der Waals surface area contributed by atoms with Crippen LogP contribution in [0.3, 0.4) is 0 Å². The maximum atomic E-state index is 14.2. The molecular weight excluding hydrogens is 488 g/mol. The van der Waals surface area contributed by atoms with Gasteiger partial charge < -0.3 is 21.1 Å². The molecule has 1 aromatic heterocycles. The summed E-state index contributed by atoms with van der Waals surface area (Å²) in [5, 5.41) is 21.9. The number of benzene rings is 3. The minimum Gasteiger partial charge on any atom is -0.465 e. The number of nitrogens with two attached hydrogens (primary N) is 1. The fraction of sp³-hybridized carbons (Fsp3) is 0.207. The molecule has 38 heavy (non-hydrogen) atoms. The number of carbonyl (C=O) groups is 1. The van der Waals surface area contributed by atoms with E-state index < -0.39 is 17.7 Å². The molecular formula is C29H25F2N5O2. The first kappa shape index (κ1) is 25.1. The zero-order valence-corrected chi connectivity index (χ0v) is 20.4. The molecule has 1 aliphatic rings. The normalized spacial score (nSPS) is 13.9. The predicted molar refractivity (Wildman–Crippen MR) is 142 cm³/mol. The van der Waals surface area contributed by atoms with Crippen LogP contribution in [-0.4, -0.2) is 35.3 Å². The third-order valence-electron chi connectivity index (χ3n) is 6.89. The van der Waals surface area contributed by atoms with Gasteiger partial charge in [0.25, 0.3) is 0 Å². The Morgan fingerprint density at radius 3 is 2.50 bits per heavy atom. The van der Waals surface area contributed by atoms with Gasteiger partial charge in [0.2, 0.25) is 0 Å². The molecule has 1 fully saturated rings. The molecule has 192 valence electrons. The molecule has 0 saturated carbocycles. The highest BCUT2D eigenvalue weighted by Crippen LogP contribution is 2.40. The summed E-state index contributed by atoms with van der Waals surface area (Å²) < 4.78 is 28.4. The van der Waals surface area contributed by atoms with Crippen molar-refractivity contribution < 1.29 is 18.7 Å². The third kappa shape index (κ3) is 4.99. The Hall–Kier alpha value is -4.55. The summed E-state index contributed by atoms with van der Waals surface area (Å²) in [7, 11) is 0. The summed E-state index contributed by atoms with van der Waals surface area (Å²) in [6.45, 7) is 1.31. The van der Waals surface area contributed by atoms with Crippen molar-refractivity contribution in [1.82, 2.24) is 10.3 Å². The second-order valence-electron chi connectivity index (χ2n) is 9.34. The highest BCUT2D eigenvalue weighted by molar-refractivity contribution is 6.02. The number of aromatic nitrogens is 1. The Balaban J connectivity index is 1.73. The van der Waals surface area contributed by atoms with Crippen LogP contribution in [0.5, 0.6) is 0 Å². The lowest BCUT2D eigenvalue weighted by atomic mass is 9.93. The van der Waals surface area contributed by atoms with Crippen molar-refractivity contribution in [3.05, 3.63) is 83.6 Å². The van der Waals surface area contributed by atoms with Crippen molar-refractivity contribution in [1.29, 1.82) is 5.26 Å². The molecule has 0 bridgehead atoms. The topological polar surface area (TPSA) is 115 Å². The first-order valence-corrected chi connectivity index (χ1v) is 12.2. The largest absolute Gasteiger partial charge is 0.465 e. The van der Waals surface area contributed by atoms with Crippen LogP contribution >= 0.6 is 0 Å². The minimum absolute atomic E-state index is 0.0375. The molecule has 2 heterocycles. The Morgan fingerprint density at radius 2 is 1.82 bits per heavy atom. The molecule has 0 spiro atoms. The van der Waals surface area contributed by atoms with Crippen molar-refractivity contribution in [2.45, 2.75) is 25.4 Å². The lowest BCUT2D eigenvalue weighted by molar-refractivity contribution is 0.194. The maximum absolute atomic E-state index is 14.2. The van der Waals surface area contributed by atoms with Gasteiger partial charge in [0, 0.05) is 48.9 Å². The molecule has 0 unspecified atom stereocenters. The zero-order valence-electron chi connectivity index (χ0n) is 20.4. The minimum atomic E-state index is -1.19. The molecule has 1 aliphatic heterocycles. The summed E-state index contributed by atoms with van der Waals surface area (Å²) >= 11 is 0. The van der Waals surface area contributed by atoms with Crippen LogP contribution in [0.1, 0.15) is 24.0 Å². The van der Waals surface area contributed by atoms with Crippen molar-refractivity contribution in [2.75, 3.05) is 18.0 Å². The average molecular weight is 514 g/mol. The summed E-state index contributed by atoms with van der Waals surface area (Å²) in [4.78, 5) is 18.0. The van der Waals surface area contributed by atoms with E-state index in [9.17, 15) is 18.8 Å². The number of hydrogen-bond acceptors (Lipinski definition) is 5. The van der Waals surface area contributed by atoms with Crippen LogP contribution in [0.25, 0.3) is 33.2 Å². The molecule has 0 atom stereocenters. The maximum Gasteiger partial charge on any atom is 0.404 e. The van der Waals surface area contributed by atoms with Gasteiger partial charge in [0.1, 0.15) is 11.6 Å². The average Bonchev–Trinajstić information content (AvgIpc) is 2.90. The SMILES string of the molecule is N#Cc1cccc(-c2ccc3ncc(-c4cc(F)cc(F)c4)c(N4CCC(N)CC4)c3c2)c1CNC(=O)O. The van der Waals surface area contributed by atoms with Gasteiger partial charge >= 0.3 is 6.09 Å². The third-order valence-corrected chi connectivity index (χ3v) is 6.89. The van der Waals surface area contributed by atoms with Crippen molar-refractivity contribution in [3.8, 4) is 28.3 Å². The predicted octanol–water partition coefficient (Wildman–Crippen LogP) is 5.41. The van der Waals surface area contributed by atoms with Gasteiger partial charge in [-0.1, -0.05) is 18.2 Å². The lowest BCUT2D eigenvalue weighted by Crippen LogP contribution is -2.40. The van der Waals surface area contributed by atoms with E-state index in [1.165, 1.54) is 12.1 Å². The van der Waals surface area contributed by atoms with Crippen LogP contribution < -0.4 is 16.0 Å². The Bertz CT molecular complexity index is 1560. The summed E-state index contributed by atoms with van der Waals surface area (Å²) in [5.41, 5.74) is 11.0. The van der Waals surface area contributed by atoms with Crippen molar-refractivity contribution in [2.24, 2.45) is 5.73 Å². The number of nitrogens with one attached hydrogen (secondary N) is 1. The number of nitrogens with zero attached hydrogens (tertiary/aromatic N) is 3. The molecule has 4 N–H and O–H groups in total. The number of carboxylic acid groups (broad SMARTS) is 1. The van der Waals surface area contributed by atoms with Crippen LogP contribution in [0.4, 0.5) is 19.3 Å². The number of piperidine rings is 1. The summed E-state index contributed by atoms with van der Waals surface area (Å²) in [5.74, 6) is -1.35. The summed E-state index contributed by atoms with van der Waals surface area (Å²) in [6.07, 6.45) is 1.99. The van der Waals surface area contributed by atoms with E-state index in [-0.39, 0.29) is 12.6 Å². The number of amides is 1. The Kier molecular flexibility index (Phi) is 6.90. The number of anilines is 1. The highest BCUT2D eigenvalue weighted by Gasteiger charge is 2.23. The molecule has 1 amide bonds. The van der Waals surface area contributed by atoms with E-state index in [2.05, 4.69) is 21.3 Å². The Labute approximate surface area is 218 Å². The molecule has 3 aromatic carbocycles. The van der Waals surface area contributed by atoms with Gasteiger partial charge in [-0.15, -0.1) is 0 Å². The van der Waals surface area contributed by atoms with Crippen LogP contribution in [0.2, 0.25) is 0 Å². The van der Waals surface area contributed by atoms with E-state index in [1.807, 2.05) is 24.3 Å². The summed E-state index contributed by atoms with van der Waals surface area (Å²) in [6, 6.07) is 16.5. The van der Waals surface area contributed by atoms with E-state index in [1.54, 1.807) is 18.3 Å². The van der Waals surface area contributed by atoms with Crippen LogP contribution in [-0.2, 0) is 6.54 Å². The van der Waals surface area contributed by atoms with Crippen molar-refractivity contribution >= 4 is 22.7 Å². The smallest absolute Gasteiger partial charge is 0.404 e. The lowest BCUT2D eigenvalue weighted by Gasteiger charge is -2.34. The van der Waals surface area contributed by atoms with E-state index in [0.29, 0.717) is 46.4 Å². The highest BCUT2D eigenvalue weighted by atomic mass is 19.1.